The molecule has 0 aliphatic rings. The van der Waals surface area contributed by atoms with Crippen LogP contribution in [0.2, 0.25) is 0 Å². The summed E-state index contributed by atoms with van der Waals surface area (Å²) in [6.45, 7) is 2.70. The number of carbonyl (C=O) groups is 1. The lowest BCUT2D eigenvalue weighted by atomic mass is 10.4. The number of hydrogen-bond acceptors (Lipinski definition) is 4. The number of aliphatic carboxylic acids is 1. The fourth-order valence-corrected chi connectivity index (χ4v) is 1.05. The molecule has 0 aromatic carbocycles. The van der Waals surface area contributed by atoms with Crippen molar-refractivity contribution in [2.75, 3.05) is 40.5 Å². The van der Waals surface area contributed by atoms with Crippen molar-refractivity contribution in [1.29, 1.82) is 0 Å². The van der Waals surface area contributed by atoms with Gasteiger partial charge >= 0.3 is 5.97 Å². The van der Waals surface area contributed by atoms with Crippen LogP contribution in [-0.2, 0) is 14.3 Å². The number of nitrogens with zero attached hydrogens (tertiary/aromatic N) is 1. The van der Waals surface area contributed by atoms with Gasteiger partial charge in [0.1, 0.15) is 0 Å². The molecule has 0 atom stereocenters. The quantitative estimate of drug-likeness (QED) is 0.452. The van der Waals surface area contributed by atoms with E-state index in [-0.39, 0.29) is 0 Å². The summed E-state index contributed by atoms with van der Waals surface area (Å²) < 4.78 is 9.86. The lowest BCUT2D eigenvalue weighted by molar-refractivity contribution is -0.131. The molecular formula is C10H19NO4. The smallest absolute Gasteiger partial charge is 0.329 e. The molecule has 0 amide bonds. The van der Waals surface area contributed by atoms with E-state index >= 15 is 0 Å². The second-order valence-electron chi connectivity index (χ2n) is 3.03. The highest BCUT2D eigenvalue weighted by molar-refractivity contribution is 5.79. The highest BCUT2D eigenvalue weighted by Gasteiger charge is 1.99. The van der Waals surface area contributed by atoms with Gasteiger partial charge in [-0.15, -0.1) is 0 Å². The van der Waals surface area contributed by atoms with Crippen LogP contribution in [0.3, 0.4) is 0 Å². The Hall–Kier alpha value is -1.07. The maximum Gasteiger partial charge on any atom is 0.329 e. The predicted molar refractivity (Wildman–Crippen MR) is 56.7 cm³/mol. The van der Waals surface area contributed by atoms with Gasteiger partial charge < -0.3 is 19.5 Å². The van der Waals surface area contributed by atoms with Crippen LogP contribution in [0.15, 0.2) is 12.3 Å². The molecule has 0 bridgehead atoms. The van der Waals surface area contributed by atoms with Crippen molar-refractivity contribution in [3.63, 3.8) is 0 Å². The number of rotatable bonds is 9. The van der Waals surface area contributed by atoms with E-state index in [4.69, 9.17) is 14.6 Å². The van der Waals surface area contributed by atoms with Crippen molar-refractivity contribution < 1.29 is 19.4 Å². The third-order valence-electron chi connectivity index (χ3n) is 1.80. The molecule has 5 heteroatoms. The summed E-state index contributed by atoms with van der Waals surface area (Å²) in [5, 5.41) is 8.49. The van der Waals surface area contributed by atoms with Gasteiger partial charge in [-0.25, -0.2) is 4.79 Å². The fourth-order valence-electron chi connectivity index (χ4n) is 1.05. The number of carboxylic acids is 1. The van der Waals surface area contributed by atoms with E-state index in [0.29, 0.717) is 19.8 Å². The number of hydrogen-bond donors (Lipinski definition) is 1. The van der Waals surface area contributed by atoms with E-state index < -0.39 is 5.97 Å². The Labute approximate surface area is 90.3 Å². The van der Waals surface area contributed by atoms with E-state index in [1.165, 1.54) is 0 Å². The van der Waals surface area contributed by atoms with Crippen molar-refractivity contribution in [2.45, 2.75) is 6.42 Å². The first kappa shape index (κ1) is 13.9. The lowest BCUT2D eigenvalue weighted by Crippen LogP contribution is -2.24. The molecule has 5 nitrogen and oxygen atoms in total. The SMILES string of the molecule is COCCCN(C=CC(=O)O)CCOC. The molecule has 0 aliphatic carbocycles. The minimum Gasteiger partial charge on any atom is -0.478 e. The maximum atomic E-state index is 10.3. The van der Waals surface area contributed by atoms with Gasteiger partial charge in [0.2, 0.25) is 0 Å². The standard InChI is InChI=1S/C10H19NO4/c1-14-8-3-5-11(7-9-15-2)6-4-10(12)13/h4,6H,3,5,7-9H2,1-2H3,(H,12,13). The fraction of sp³-hybridized carbons (Fsp3) is 0.700. The van der Waals surface area contributed by atoms with Gasteiger partial charge in [-0.3, -0.25) is 0 Å². The molecular weight excluding hydrogens is 198 g/mol. The Balaban J connectivity index is 3.88. The summed E-state index contributed by atoms with van der Waals surface area (Å²) >= 11 is 0. The zero-order valence-electron chi connectivity index (χ0n) is 9.31. The van der Waals surface area contributed by atoms with Gasteiger partial charge in [0.25, 0.3) is 0 Å². The molecule has 1 N–H and O–H groups in total. The monoisotopic (exact) mass is 217 g/mol. The Bertz CT molecular complexity index is 194. The van der Waals surface area contributed by atoms with E-state index in [9.17, 15) is 4.79 Å². The van der Waals surface area contributed by atoms with Crippen LogP contribution in [0.1, 0.15) is 6.42 Å². The van der Waals surface area contributed by atoms with Gasteiger partial charge in [0, 0.05) is 46.2 Å². The first-order valence-corrected chi connectivity index (χ1v) is 4.83. The topological polar surface area (TPSA) is 59.0 Å². The van der Waals surface area contributed by atoms with Crippen molar-refractivity contribution in [2.24, 2.45) is 0 Å². The molecule has 0 heterocycles. The number of carboxylic acid groups (broad SMARTS) is 1. The average molecular weight is 217 g/mol. The highest BCUT2D eigenvalue weighted by Crippen LogP contribution is 1.94. The largest absolute Gasteiger partial charge is 0.478 e. The lowest BCUT2D eigenvalue weighted by Gasteiger charge is -2.19. The van der Waals surface area contributed by atoms with Crippen LogP contribution in [0.4, 0.5) is 0 Å². The average Bonchev–Trinajstić information content (AvgIpc) is 2.21. The minimum absolute atomic E-state index is 0.580. The summed E-state index contributed by atoms with van der Waals surface area (Å²) in [6, 6.07) is 0. The molecule has 0 aromatic rings. The summed E-state index contributed by atoms with van der Waals surface area (Å²) in [5.41, 5.74) is 0. The zero-order valence-corrected chi connectivity index (χ0v) is 9.31. The zero-order chi connectivity index (χ0) is 11.5. The molecule has 0 aromatic heterocycles. The van der Waals surface area contributed by atoms with E-state index in [0.717, 1.165) is 19.0 Å². The molecule has 0 unspecified atom stereocenters. The van der Waals surface area contributed by atoms with E-state index in [2.05, 4.69) is 0 Å². The van der Waals surface area contributed by atoms with Gasteiger partial charge in [0.05, 0.1) is 6.61 Å². The molecule has 0 radical (unpaired) electrons. The Morgan fingerprint density at radius 3 is 2.47 bits per heavy atom. The van der Waals surface area contributed by atoms with E-state index in [1.807, 2.05) is 4.90 Å². The van der Waals surface area contributed by atoms with Gasteiger partial charge in [0.15, 0.2) is 0 Å². The van der Waals surface area contributed by atoms with Gasteiger partial charge in [-0.2, -0.15) is 0 Å². The molecule has 0 saturated heterocycles. The molecule has 0 spiro atoms. The minimum atomic E-state index is -0.941. The summed E-state index contributed by atoms with van der Waals surface area (Å²) in [7, 11) is 3.26. The summed E-state index contributed by atoms with van der Waals surface area (Å²) in [4.78, 5) is 12.2. The number of ether oxygens (including phenoxy) is 2. The van der Waals surface area contributed by atoms with Crippen LogP contribution in [0.5, 0.6) is 0 Å². The van der Waals surface area contributed by atoms with Crippen LogP contribution in [0.25, 0.3) is 0 Å². The summed E-state index contributed by atoms with van der Waals surface area (Å²) in [5.74, 6) is -0.941. The Kier molecular flexibility index (Phi) is 8.81. The highest BCUT2D eigenvalue weighted by atomic mass is 16.5. The summed E-state index contributed by atoms with van der Waals surface area (Å²) in [6.07, 6.45) is 3.56. The third-order valence-corrected chi connectivity index (χ3v) is 1.80. The Morgan fingerprint density at radius 1 is 1.27 bits per heavy atom. The first-order valence-electron chi connectivity index (χ1n) is 4.83. The third kappa shape index (κ3) is 9.24. The van der Waals surface area contributed by atoms with Gasteiger partial charge in [-0.05, 0) is 6.42 Å². The molecule has 15 heavy (non-hydrogen) atoms. The van der Waals surface area contributed by atoms with Crippen LogP contribution >= 0.6 is 0 Å². The Morgan fingerprint density at radius 2 is 1.93 bits per heavy atom. The predicted octanol–water partition coefficient (Wildman–Crippen LogP) is 0.570. The molecule has 0 aliphatic heterocycles. The molecule has 0 fully saturated rings. The normalized spacial score (nSPS) is 10.8. The second-order valence-corrected chi connectivity index (χ2v) is 3.03. The van der Waals surface area contributed by atoms with Crippen molar-refractivity contribution in [1.82, 2.24) is 4.90 Å². The van der Waals surface area contributed by atoms with Crippen LogP contribution in [-0.4, -0.2) is 56.5 Å². The second kappa shape index (κ2) is 9.48. The van der Waals surface area contributed by atoms with Crippen LogP contribution < -0.4 is 0 Å². The molecule has 88 valence electrons. The number of methoxy groups -OCH3 is 2. The first-order chi connectivity index (χ1) is 7.20. The van der Waals surface area contributed by atoms with Crippen LogP contribution in [0, 0.1) is 0 Å². The maximum absolute atomic E-state index is 10.3. The van der Waals surface area contributed by atoms with Crippen molar-refractivity contribution >= 4 is 5.97 Å². The van der Waals surface area contributed by atoms with E-state index in [1.54, 1.807) is 20.4 Å². The van der Waals surface area contributed by atoms with Crippen molar-refractivity contribution in [3.8, 4) is 0 Å². The van der Waals surface area contributed by atoms with Gasteiger partial charge in [-0.1, -0.05) is 0 Å². The molecule has 0 rings (SSSR count). The molecule has 0 saturated carbocycles. The van der Waals surface area contributed by atoms with Crippen molar-refractivity contribution in [3.05, 3.63) is 12.3 Å².